The van der Waals surface area contributed by atoms with E-state index in [9.17, 15) is 24.5 Å². The maximum Gasteiger partial charge on any atom is 0.341 e. The summed E-state index contributed by atoms with van der Waals surface area (Å²) >= 11 is 6.69. The van der Waals surface area contributed by atoms with Gasteiger partial charge in [-0.25, -0.2) is 4.79 Å². The molecule has 27 heavy (non-hydrogen) atoms. The van der Waals surface area contributed by atoms with Crippen LogP contribution in [0.25, 0.3) is 0 Å². The van der Waals surface area contributed by atoms with E-state index in [1.165, 1.54) is 19.1 Å². The summed E-state index contributed by atoms with van der Waals surface area (Å²) in [5.41, 5.74) is 0.0604. The highest BCUT2D eigenvalue weighted by molar-refractivity contribution is 7.18. The molecule has 0 fully saturated rings. The number of nitro benzene ring substituents is 1. The second kappa shape index (κ2) is 8.28. The molecule has 142 valence electrons. The summed E-state index contributed by atoms with van der Waals surface area (Å²) in [6.45, 7) is 4.70. The number of esters is 1. The number of Topliss-reactive ketones (excluding diaryl/α,β-unsaturated/α-hetero) is 1. The number of ether oxygens (including phenoxy) is 1. The van der Waals surface area contributed by atoms with Gasteiger partial charge < -0.3 is 10.1 Å². The van der Waals surface area contributed by atoms with Crippen molar-refractivity contribution in [2.75, 3.05) is 11.9 Å². The van der Waals surface area contributed by atoms with Gasteiger partial charge in [0.25, 0.3) is 11.6 Å². The van der Waals surface area contributed by atoms with E-state index < -0.39 is 22.5 Å². The molecule has 1 N–H and O–H groups in total. The van der Waals surface area contributed by atoms with Crippen molar-refractivity contribution in [1.82, 2.24) is 0 Å². The molecule has 0 saturated carbocycles. The second-order valence-corrected chi connectivity index (χ2v) is 6.84. The Labute approximate surface area is 163 Å². The molecule has 0 bridgehead atoms. The molecule has 8 nitrogen and oxygen atoms in total. The summed E-state index contributed by atoms with van der Waals surface area (Å²) in [6.07, 6.45) is 0. The highest BCUT2D eigenvalue weighted by atomic mass is 35.5. The number of ketones is 1. The summed E-state index contributed by atoms with van der Waals surface area (Å²) in [5, 5.41) is 13.6. The number of halogens is 1. The van der Waals surface area contributed by atoms with Crippen LogP contribution in [0, 0.1) is 17.0 Å². The van der Waals surface area contributed by atoms with E-state index in [2.05, 4.69) is 5.32 Å². The van der Waals surface area contributed by atoms with Crippen LogP contribution in [0.1, 0.15) is 49.8 Å². The average molecular weight is 411 g/mol. The maximum atomic E-state index is 12.5. The molecule has 0 saturated heterocycles. The van der Waals surface area contributed by atoms with E-state index in [0.717, 1.165) is 17.4 Å². The van der Waals surface area contributed by atoms with E-state index in [4.69, 9.17) is 16.3 Å². The van der Waals surface area contributed by atoms with Gasteiger partial charge in [0.2, 0.25) is 0 Å². The molecule has 0 aliphatic rings. The third-order valence-electron chi connectivity index (χ3n) is 3.58. The monoisotopic (exact) mass is 410 g/mol. The minimum Gasteiger partial charge on any atom is -0.462 e. The zero-order valence-corrected chi connectivity index (χ0v) is 16.2. The van der Waals surface area contributed by atoms with Gasteiger partial charge in [-0.3, -0.25) is 19.7 Å². The molecule has 0 spiro atoms. The molecular formula is C17H15ClN2O6S. The van der Waals surface area contributed by atoms with Crippen molar-refractivity contribution in [3.63, 3.8) is 0 Å². The van der Waals surface area contributed by atoms with E-state index >= 15 is 0 Å². The molecule has 1 amide bonds. The lowest BCUT2D eigenvalue weighted by molar-refractivity contribution is -0.384. The van der Waals surface area contributed by atoms with Crippen molar-refractivity contribution in [1.29, 1.82) is 0 Å². The van der Waals surface area contributed by atoms with Gasteiger partial charge in [0, 0.05) is 11.6 Å². The van der Waals surface area contributed by atoms with Gasteiger partial charge in [-0.2, -0.15) is 0 Å². The molecule has 0 aliphatic heterocycles. The van der Waals surface area contributed by atoms with Gasteiger partial charge in [-0.05, 0) is 38.5 Å². The number of amides is 1. The normalized spacial score (nSPS) is 10.4. The van der Waals surface area contributed by atoms with Crippen LogP contribution in [0.5, 0.6) is 0 Å². The smallest absolute Gasteiger partial charge is 0.341 e. The van der Waals surface area contributed by atoms with Gasteiger partial charge in [0.15, 0.2) is 5.78 Å². The SMILES string of the molecule is CCOC(=O)c1c(NC(=O)c2ccc(Cl)c([N+](=O)[O-])c2)sc(C(C)=O)c1C. The fraction of sp³-hybridized carbons (Fsp3) is 0.235. The Balaban J connectivity index is 2.44. The van der Waals surface area contributed by atoms with Gasteiger partial charge in [-0.15, -0.1) is 11.3 Å². The highest BCUT2D eigenvalue weighted by Crippen LogP contribution is 2.34. The standard InChI is InChI=1S/C17H15ClN2O6S/c1-4-26-17(23)13-8(2)14(9(3)21)27-16(13)19-15(22)10-5-6-11(18)12(7-10)20(24)25/h5-7H,4H2,1-3H3,(H,19,22). The minimum atomic E-state index is -0.702. The van der Waals surface area contributed by atoms with Crippen molar-refractivity contribution in [2.45, 2.75) is 20.8 Å². The molecule has 1 heterocycles. The molecular weight excluding hydrogens is 396 g/mol. The Hall–Kier alpha value is -2.78. The Morgan fingerprint density at radius 1 is 1.33 bits per heavy atom. The second-order valence-electron chi connectivity index (χ2n) is 5.41. The predicted molar refractivity (Wildman–Crippen MR) is 101 cm³/mol. The van der Waals surface area contributed by atoms with Crippen LogP contribution >= 0.6 is 22.9 Å². The summed E-state index contributed by atoms with van der Waals surface area (Å²) in [6, 6.07) is 3.59. The fourth-order valence-corrected chi connectivity index (χ4v) is 3.63. The van der Waals surface area contributed by atoms with Crippen LogP contribution in [-0.4, -0.2) is 29.2 Å². The lowest BCUT2D eigenvalue weighted by Crippen LogP contribution is -2.15. The van der Waals surface area contributed by atoms with Crippen LogP contribution < -0.4 is 5.32 Å². The fourth-order valence-electron chi connectivity index (χ4n) is 2.36. The number of hydrogen-bond acceptors (Lipinski definition) is 7. The number of anilines is 1. The molecule has 0 aliphatic carbocycles. The first-order valence-corrected chi connectivity index (χ1v) is 8.93. The molecule has 1 aromatic carbocycles. The molecule has 2 aromatic rings. The number of nitrogens with one attached hydrogen (secondary N) is 1. The first kappa shape index (κ1) is 20.5. The van der Waals surface area contributed by atoms with Gasteiger partial charge in [-0.1, -0.05) is 11.6 Å². The topological polar surface area (TPSA) is 116 Å². The van der Waals surface area contributed by atoms with Gasteiger partial charge >= 0.3 is 5.97 Å². The van der Waals surface area contributed by atoms with Crippen LogP contribution in [0.2, 0.25) is 5.02 Å². The number of benzene rings is 1. The van der Waals surface area contributed by atoms with Gasteiger partial charge in [0.1, 0.15) is 10.0 Å². The van der Waals surface area contributed by atoms with Crippen LogP contribution in [0.15, 0.2) is 18.2 Å². The Morgan fingerprint density at radius 2 is 2.00 bits per heavy atom. The predicted octanol–water partition coefficient (Wildman–Crippen LogP) is 4.25. The van der Waals surface area contributed by atoms with Crippen molar-refractivity contribution in [3.05, 3.63) is 54.9 Å². The van der Waals surface area contributed by atoms with Crippen LogP contribution in [0.4, 0.5) is 10.7 Å². The van der Waals surface area contributed by atoms with E-state index in [0.29, 0.717) is 10.4 Å². The number of rotatable bonds is 6. The zero-order chi connectivity index (χ0) is 20.3. The summed E-state index contributed by atoms with van der Waals surface area (Å²) in [7, 11) is 0. The van der Waals surface area contributed by atoms with Crippen molar-refractivity contribution < 1.29 is 24.0 Å². The molecule has 0 atom stereocenters. The van der Waals surface area contributed by atoms with Crippen molar-refractivity contribution in [3.8, 4) is 0 Å². The zero-order valence-electron chi connectivity index (χ0n) is 14.6. The third kappa shape index (κ3) is 4.32. The van der Waals surface area contributed by atoms with Crippen molar-refractivity contribution in [2.24, 2.45) is 0 Å². The summed E-state index contributed by atoms with van der Waals surface area (Å²) in [4.78, 5) is 47.1. The first-order valence-electron chi connectivity index (χ1n) is 7.74. The lowest BCUT2D eigenvalue weighted by atomic mass is 10.1. The van der Waals surface area contributed by atoms with E-state index in [1.54, 1.807) is 13.8 Å². The third-order valence-corrected chi connectivity index (χ3v) is 5.21. The molecule has 10 heteroatoms. The number of carbonyl (C=O) groups is 3. The number of carbonyl (C=O) groups excluding carboxylic acids is 3. The Bertz CT molecular complexity index is 953. The first-order chi connectivity index (χ1) is 12.7. The largest absolute Gasteiger partial charge is 0.462 e. The number of nitrogens with zero attached hydrogens (tertiary/aromatic N) is 1. The number of hydrogen-bond donors (Lipinski definition) is 1. The number of nitro groups is 1. The summed E-state index contributed by atoms with van der Waals surface area (Å²) < 4.78 is 4.99. The Morgan fingerprint density at radius 3 is 2.56 bits per heavy atom. The minimum absolute atomic E-state index is 0.0173. The quantitative estimate of drug-likeness (QED) is 0.329. The van der Waals surface area contributed by atoms with Gasteiger partial charge in [0.05, 0.1) is 22.0 Å². The van der Waals surface area contributed by atoms with E-state index in [-0.39, 0.29) is 33.5 Å². The Kier molecular flexibility index (Phi) is 6.29. The summed E-state index contributed by atoms with van der Waals surface area (Å²) in [5.74, 6) is -1.61. The van der Waals surface area contributed by atoms with Crippen LogP contribution in [-0.2, 0) is 4.74 Å². The molecule has 0 radical (unpaired) electrons. The van der Waals surface area contributed by atoms with Crippen LogP contribution in [0.3, 0.4) is 0 Å². The average Bonchev–Trinajstić information content (AvgIpc) is 2.91. The van der Waals surface area contributed by atoms with E-state index in [1.807, 2.05) is 0 Å². The molecule has 0 unspecified atom stereocenters. The molecule has 2 rings (SSSR count). The molecule has 1 aromatic heterocycles. The number of thiophene rings is 1. The highest BCUT2D eigenvalue weighted by Gasteiger charge is 2.26. The lowest BCUT2D eigenvalue weighted by Gasteiger charge is -2.07. The van der Waals surface area contributed by atoms with Crippen molar-refractivity contribution >= 4 is 51.3 Å². The maximum absolute atomic E-state index is 12.5.